The van der Waals surface area contributed by atoms with Crippen molar-refractivity contribution in [1.82, 2.24) is 0 Å². The minimum absolute atomic E-state index is 0. The Morgan fingerprint density at radius 1 is 0.462 bits per heavy atom. The fourth-order valence-electron chi connectivity index (χ4n) is 3.56. The van der Waals surface area contributed by atoms with Crippen LogP contribution in [0.2, 0.25) is 0 Å². The van der Waals surface area contributed by atoms with Crippen molar-refractivity contribution in [2.45, 2.75) is 5.60 Å². The van der Waals surface area contributed by atoms with Gasteiger partial charge >= 0.3 is 0 Å². The zero-order chi connectivity index (χ0) is 25.5. The van der Waals surface area contributed by atoms with Crippen molar-refractivity contribution in [3.8, 4) is 0 Å². The first kappa shape index (κ1) is 36.8. The molecular formula is C31H27ClFe3O4-10. The van der Waals surface area contributed by atoms with Gasteiger partial charge in [-0.1, -0.05) is 0 Å². The van der Waals surface area contributed by atoms with Gasteiger partial charge in [-0.25, -0.2) is 60.7 Å². The molecule has 39 heavy (non-hydrogen) atoms. The normalized spacial score (nSPS) is 9.92. The van der Waals surface area contributed by atoms with Crippen molar-refractivity contribution in [2.24, 2.45) is 0 Å². The summed E-state index contributed by atoms with van der Waals surface area (Å²) in [5, 5.41) is 0. The summed E-state index contributed by atoms with van der Waals surface area (Å²) in [6.07, 6.45) is 0. The molecule has 6 rings (SSSR count). The van der Waals surface area contributed by atoms with Crippen LogP contribution in [0.1, 0.15) is 16.7 Å². The Morgan fingerprint density at radius 3 is 0.897 bits per heavy atom. The van der Waals surface area contributed by atoms with Crippen LogP contribution in [0, 0.1) is 10.2 Å². The predicted molar refractivity (Wildman–Crippen MR) is 133 cm³/mol. The Bertz CT molecular complexity index is 1020. The summed E-state index contributed by atoms with van der Waals surface area (Å²) in [6, 6.07) is 51.0. The summed E-state index contributed by atoms with van der Waals surface area (Å²) < 4.78 is 39.0. The van der Waals surface area contributed by atoms with Crippen LogP contribution in [-0.4, -0.2) is 0 Å². The van der Waals surface area contributed by atoms with E-state index in [1.54, 1.807) is 72.8 Å². The second-order valence-electron chi connectivity index (χ2n) is 7.54. The first-order chi connectivity index (χ1) is 17.5. The molecule has 0 aromatic heterocycles. The summed E-state index contributed by atoms with van der Waals surface area (Å²) in [5.74, 6) is 0. The fourth-order valence-corrected chi connectivity index (χ4v) is 4.11. The van der Waals surface area contributed by atoms with Crippen LogP contribution in [0.15, 0.2) is 164 Å². The summed E-state index contributed by atoms with van der Waals surface area (Å²) in [4.78, 5) is 0. The van der Waals surface area contributed by atoms with Gasteiger partial charge in [0.2, 0.25) is 0 Å². The van der Waals surface area contributed by atoms with Crippen molar-refractivity contribution in [2.75, 3.05) is 0 Å². The van der Waals surface area contributed by atoms with E-state index >= 15 is 0 Å². The van der Waals surface area contributed by atoms with E-state index in [0.29, 0.717) is 16.7 Å². The predicted octanol–water partition coefficient (Wildman–Crippen LogP) is 4.26. The van der Waals surface area contributed by atoms with Crippen LogP contribution in [0.5, 0.6) is 0 Å². The third kappa shape index (κ3) is 12.2. The standard InChI is InChI=1S/C16H12ClO4.3C5H5.3Fe/c18-17(19,20)21-16(13-7-1-2-8-13,14-9-3-4-10-14)15-11-5-6-12-15;3*1-2-4-5-3-1;;;/h1-12H;3*1-5H;;;/q-3;-5;2*-1;;;. The quantitative estimate of drug-likeness (QED) is 0.204. The van der Waals surface area contributed by atoms with Gasteiger partial charge in [-0.3, -0.25) is 0 Å². The molecule has 0 bridgehead atoms. The molecule has 0 aliphatic heterocycles. The molecule has 0 fully saturated rings. The summed E-state index contributed by atoms with van der Waals surface area (Å²) in [6.45, 7) is 0. The molecule has 6 aromatic carbocycles. The van der Waals surface area contributed by atoms with Gasteiger partial charge in [0.15, 0.2) is 5.60 Å². The van der Waals surface area contributed by atoms with Crippen LogP contribution >= 0.6 is 0 Å². The number of hydrogen-bond donors (Lipinski definition) is 0. The Kier molecular flexibility index (Phi) is 18.7. The van der Waals surface area contributed by atoms with E-state index in [1.165, 1.54) is 0 Å². The van der Waals surface area contributed by atoms with Gasteiger partial charge in [-0.15, -0.1) is 16.7 Å². The average molecular weight is 667 g/mol. The molecule has 0 N–H and O–H groups in total. The minimum atomic E-state index is -4.61. The number of halogens is 1. The number of hydrogen-bond acceptors (Lipinski definition) is 4. The first-order valence-corrected chi connectivity index (χ1v) is 12.5. The largest absolute Gasteiger partial charge is 0.748 e. The van der Waals surface area contributed by atoms with Crippen LogP contribution in [0.25, 0.3) is 0 Å². The molecule has 8 heteroatoms. The Labute approximate surface area is 264 Å². The first-order valence-electron chi connectivity index (χ1n) is 11.3. The van der Waals surface area contributed by atoms with E-state index in [0.717, 1.165) is 0 Å². The molecule has 0 saturated carbocycles. The van der Waals surface area contributed by atoms with Crippen molar-refractivity contribution < 1.29 is 79.7 Å². The van der Waals surface area contributed by atoms with Gasteiger partial charge in [0, 0.05) is 51.2 Å². The maximum Gasteiger partial charge on any atom is 0.168 e. The smallest absolute Gasteiger partial charge is 0.168 e. The van der Waals surface area contributed by atoms with Crippen molar-refractivity contribution in [3.63, 3.8) is 0 Å². The second kappa shape index (κ2) is 19.8. The third-order valence-electron chi connectivity index (χ3n) is 5.08. The van der Waals surface area contributed by atoms with E-state index < -0.39 is 15.8 Å². The van der Waals surface area contributed by atoms with E-state index in [2.05, 4.69) is 0 Å². The molecular weight excluding hydrogens is 639 g/mol. The Morgan fingerprint density at radius 2 is 0.718 bits per heavy atom. The fraction of sp³-hybridized carbons (Fsp3) is 0.0323. The maximum atomic E-state index is 11.3. The minimum Gasteiger partial charge on any atom is -0.748 e. The van der Waals surface area contributed by atoms with E-state index in [4.69, 9.17) is 4.29 Å². The molecule has 6 aromatic rings. The van der Waals surface area contributed by atoms with Crippen LogP contribution < -0.4 is 14.0 Å². The molecule has 0 saturated heterocycles. The van der Waals surface area contributed by atoms with Crippen LogP contribution in [0.3, 0.4) is 0 Å². The zero-order valence-corrected chi connectivity index (χ0v) is 24.7. The van der Waals surface area contributed by atoms with Crippen molar-refractivity contribution >= 4 is 0 Å². The van der Waals surface area contributed by atoms with Gasteiger partial charge in [0.05, 0.1) is 14.5 Å². The summed E-state index contributed by atoms with van der Waals surface area (Å²) in [7, 11) is -4.61. The Balaban J connectivity index is 0.000000653. The van der Waals surface area contributed by atoms with Crippen LogP contribution in [-0.2, 0) is 61.1 Å². The maximum absolute atomic E-state index is 11.3. The van der Waals surface area contributed by atoms with Gasteiger partial charge in [-0.2, -0.15) is 86.8 Å². The monoisotopic (exact) mass is 666 g/mol. The molecule has 0 heterocycles. The Hall–Kier alpha value is -2.21. The van der Waals surface area contributed by atoms with E-state index in [1.807, 2.05) is 91.0 Å². The molecule has 0 amide bonds. The van der Waals surface area contributed by atoms with E-state index in [9.17, 15) is 14.0 Å². The van der Waals surface area contributed by atoms with E-state index in [-0.39, 0.29) is 51.2 Å². The van der Waals surface area contributed by atoms with Gasteiger partial charge in [0.1, 0.15) is 0 Å². The van der Waals surface area contributed by atoms with Crippen molar-refractivity contribution in [3.05, 3.63) is 180 Å². The van der Waals surface area contributed by atoms with Crippen LogP contribution in [0.4, 0.5) is 0 Å². The van der Waals surface area contributed by atoms with Gasteiger partial charge in [-0.05, 0) is 0 Å². The van der Waals surface area contributed by atoms with Crippen molar-refractivity contribution in [1.29, 1.82) is 0 Å². The van der Waals surface area contributed by atoms with Gasteiger partial charge in [0.25, 0.3) is 0 Å². The molecule has 0 atom stereocenters. The zero-order valence-electron chi connectivity index (χ0n) is 20.7. The molecule has 0 aliphatic carbocycles. The molecule has 0 radical (unpaired) electrons. The topological polar surface area (TPSA) is 78.4 Å². The number of rotatable bonds is 5. The second-order valence-corrected chi connectivity index (χ2v) is 8.45. The average Bonchev–Trinajstić information content (AvgIpc) is 3.78. The molecule has 4 nitrogen and oxygen atoms in total. The summed E-state index contributed by atoms with van der Waals surface area (Å²) in [5.41, 5.74) is 0.309. The molecule has 216 valence electrons. The van der Waals surface area contributed by atoms with Gasteiger partial charge < -0.3 is 30.3 Å². The third-order valence-corrected chi connectivity index (χ3v) is 5.50. The molecule has 0 unspecified atom stereocenters. The molecule has 0 aliphatic rings. The molecule has 0 spiro atoms. The SMILES string of the molecule is [Fe].[Fe].[Fe].[O-][Cl+3]([O-])([O-])OC([c-]1cccc1)([c-]1cccc1)[c-]1cccc1.[cH-]1[cH-][cH-][cH-][cH-]1.c1cc[cH-]c1.c1cc[cH-]c1. The summed E-state index contributed by atoms with van der Waals surface area (Å²) >= 11 is 0.